The lowest BCUT2D eigenvalue weighted by Crippen LogP contribution is -2.35. The normalized spacial score (nSPS) is 11.1. The average molecular weight is 286 g/mol. The van der Waals surface area contributed by atoms with E-state index in [1.807, 2.05) is 6.92 Å². The van der Waals surface area contributed by atoms with E-state index in [-0.39, 0.29) is 23.0 Å². The monoisotopic (exact) mass is 286 g/mol. The molecule has 0 heterocycles. The number of hydrogen-bond acceptors (Lipinski definition) is 5. The third-order valence-electron chi connectivity index (χ3n) is 2.44. The van der Waals surface area contributed by atoms with E-state index in [1.54, 1.807) is 18.0 Å². The topological polar surface area (TPSA) is 119 Å². The Balaban J connectivity index is 3.01. The number of anilines is 2. The highest BCUT2D eigenvalue weighted by Gasteiger charge is 2.13. The highest BCUT2D eigenvalue weighted by molar-refractivity contribution is 7.89. The van der Waals surface area contributed by atoms with E-state index >= 15 is 0 Å². The molecule has 19 heavy (non-hydrogen) atoms. The van der Waals surface area contributed by atoms with Gasteiger partial charge in [0.15, 0.2) is 0 Å². The molecule has 0 aliphatic heterocycles. The summed E-state index contributed by atoms with van der Waals surface area (Å²) in [5.41, 5.74) is 6.41. The van der Waals surface area contributed by atoms with Crippen LogP contribution in [0.2, 0.25) is 0 Å². The first-order chi connectivity index (χ1) is 8.74. The first-order valence-corrected chi connectivity index (χ1v) is 7.20. The van der Waals surface area contributed by atoms with Crippen molar-refractivity contribution in [2.75, 3.05) is 30.8 Å². The van der Waals surface area contributed by atoms with Gasteiger partial charge in [-0.3, -0.25) is 4.79 Å². The zero-order valence-electron chi connectivity index (χ0n) is 10.9. The highest BCUT2D eigenvalue weighted by atomic mass is 32.2. The third kappa shape index (κ3) is 4.42. The summed E-state index contributed by atoms with van der Waals surface area (Å²) < 4.78 is 22.6. The molecule has 0 saturated heterocycles. The van der Waals surface area contributed by atoms with Gasteiger partial charge >= 0.3 is 0 Å². The van der Waals surface area contributed by atoms with Crippen molar-refractivity contribution in [2.24, 2.45) is 5.14 Å². The maximum atomic E-state index is 11.5. The van der Waals surface area contributed by atoms with Crippen molar-refractivity contribution in [1.29, 1.82) is 0 Å². The Morgan fingerprint density at radius 3 is 2.53 bits per heavy atom. The Bertz CT molecular complexity index is 571. The van der Waals surface area contributed by atoms with Gasteiger partial charge in [0.05, 0.1) is 11.4 Å². The van der Waals surface area contributed by atoms with Crippen molar-refractivity contribution in [2.45, 2.75) is 11.8 Å². The summed E-state index contributed by atoms with van der Waals surface area (Å²) >= 11 is 0. The molecule has 5 N–H and O–H groups in total. The molecule has 0 bridgehead atoms. The number of hydrogen-bond donors (Lipinski definition) is 3. The van der Waals surface area contributed by atoms with Crippen LogP contribution in [0.4, 0.5) is 11.4 Å². The number of nitrogens with zero attached hydrogens (tertiary/aromatic N) is 1. The summed E-state index contributed by atoms with van der Waals surface area (Å²) in [6.07, 6.45) is 0. The fraction of sp³-hybridized carbons (Fsp3) is 0.364. The summed E-state index contributed by atoms with van der Waals surface area (Å²) in [7, 11) is -2.16. The molecule has 0 saturated carbocycles. The Hall–Kier alpha value is -1.80. The SMILES string of the molecule is CCNC(=O)CN(C)c1cc(N)cc(S(N)(=O)=O)c1. The van der Waals surface area contributed by atoms with E-state index < -0.39 is 10.0 Å². The molecular formula is C11H18N4O3S. The number of sulfonamides is 1. The minimum atomic E-state index is -3.83. The number of amides is 1. The molecule has 8 heteroatoms. The molecule has 0 aliphatic carbocycles. The molecule has 0 spiro atoms. The first-order valence-electron chi connectivity index (χ1n) is 5.65. The second-order valence-electron chi connectivity index (χ2n) is 4.11. The van der Waals surface area contributed by atoms with Gasteiger partial charge in [0.1, 0.15) is 0 Å². The molecule has 0 aliphatic rings. The molecule has 0 aromatic heterocycles. The Kier molecular flexibility index (Phi) is 4.73. The fourth-order valence-corrected chi connectivity index (χ4v) is 2.14. The van der Waals surface area contributed by atoms with Crippen molar-refractivity contribution in [3.8, 4) is 0 Å². The second-order valence-corrected chi connectivity index (χ2v) is 5.68. The summed E-state index contributed by atoms with van der Waals surface area (Å²) in [6.45, 7) is 2.45. The van der Waals surface area contributed by atoms with Gasteiger partial charge in [-0.1, -0.05) is 0 Å². The zero-order chi connectivity index (χ0) is 14.6. The van der Waals surface area contributed by atoms with Gasteiger partial charge in [0.2, 0.25) is 15.9 Å². The van der Waals surface area contributed by atoms with Gasteiger partial charge < -0.3 is 16.0 Å². The lowest BCUT2D eigenvalue weighted by molar-refractivity contribution is -0.119. The number of rotatable bonds is 5. The van der Waals surface area contributed by atoms with Gasteiger partial charge in [-0.25, -0.2) is 13.6 Å². The van der Waals surface area contributed by atoms with Crippen molar-refractivity contribution < 1.29 is 13.2 Å². The van der Waals surface area contributed by atoms with Crippen LogP contribution in [0.1, 0.15) is 6.92 Å². The molecule has 1 aromatic rings. The third-order valence-corrected chi connectivity index (χ3v) is 3.33. The number of nitrogens with two attached hydrogens (primary N) is 2. The van der Waals surface area contributed by atoms with Crippen LogP contribution in [-0.4, -0.2) is 34.5 Å². The van der Waals surface area contributed by atoms with Crippen LogP contribution in [0.3, 0.4) is 0 Å². The predicted molar refractivity (Wildman–Crippen MR) is 74.2 cm³/mol. The number of primary sulfonamides is 1. The van der Waals surface area contributed by atoms with E-state index in [4.69, 9.17) is 10.9 Å². The standard InChI is InChI=1S/C11H18N4O3S/c1-3-14-11(16)7-15(2)9-4-8(12)5-10(6-9)19(13,17)18/h4-6H,3,7,12H2,1-2H3,(H,14,16)(H2,13,17,18). The quantitative estimate of drug-likeness (QED) is 0.630. The number of carbonyl (C=O) groups is 1. The van der Waals surface area contributed by atoms with Crippen LogP contribution in [0.15, 0.2) is 23.1 Å². The smallest absolute Gasteiger partial charge is 0.239 e. The van der Waals surface area contributed by atoms with Crippen molar-refractivity contribution >= 4 is 27.3 Å². The van der Waals surface area contributed by atoms with Crippen LogP contribution >= 0.6 is 0 Å². The molecule has 7 nitrogen and oxygen atoms in total. The summed E-state index contributed by atoms with van der Waals surface area (Å²) in [6, 6.07) is 4.23. The summed E-state index contributed by atoms with van der Waals surface area (Å²) in [5.74, 6) is -0.162. The lowest BCUT2D eigenvalue weighted by atomic mass is 10.2. The number of nitrogen functional groups attached to an aromatic ring is 1. The Morgan fingerprint density at radius 1 is 1.37 bits per heavy atom. The average Bonchev–Trinajstić information content (AvgIpc) is 2.27. The van der Waals surface area contributed by atoms with E-state index in [0.717, 1.165) is 0 Å². The maximum absolute atomic E-state index is 11.5. The second kappa shape index (κ2) is 5.89. The van der Waals surface area contributed by atoms with E-state index in [1.165, 1.54) is 12.1 Å². The minimum absolute atomic E-state index is 0.0785. The molecule has 0 atom stereocenters. The van der Waals surface area contributed by atoms with Crippen molar-refractivity contribution in [3.63, 3.8) is 0 Å². The number of carbonyl (C=O) groups excluding carboxylic acids is 1. The van der Waals surface area contributed by atoms with Gasteiger partial charge in [0, 0.05) is 25.0 Å². The zero-order valence-corrected chi connectivity index (χ0v) is 11.7. The van der Waals surface area contributed by atoms with Gasteiger partial charge in [-0.15, -0.1) is 0 Å². The molecule has 0 fully saturated rings. The molecular weight excluding hydrogens is 268 g/mol. The molecule has 1 aromatic carbocycles. The minimum Gasteiger partial charge on any atom is -0.399 e. The van der Waals surface area contributed by atoms with Gasteiger partial charge in [-0.2, -0.15) is 0 Å². The largest absolute Gasteiger partial charge is 0.399 e. The van der Waals surface area contributed by atoms with Crippen LogP contribution in [0, 0.1) is 0 Å². The summed E-state index contributed by atoms with van der Waals surface area (Å²) in [4.78, 5) is 13.0. The van der Waals surface area contributed by atoms with Crippen LogP contribution in [0.25, 0.3) is 0 Å². The maximum Gasteiger partial charge on any atom is 0.239 e. The van der Waals surface area contributed by atoms with Gasteiger partial charge in [0.25, 0.3) is 0 Å². The van der Waals surface area contributed by atoms with Crippen LogP contribution < -0.4 is 21.1 Å². The van der Waals surface area contributed by atoms with E-state index in [9.17, 15) is 13.2 Å². The van der Waals surface area contributed by atoms with Crippen LogP contribution in [-0.2, 0) is 14.8 Å². The van der Waals surface area contributed by atoms with Crippen molar-refractivity contribution in [1.82, 2.24) is 5.32 Å². The van der Waals surface area contributed by atoms with E-state index in [2.05, 4.69) is 5.32 Å². The Labute approximate surface area is 112 Å². The van der Waals surface area contributed by atoms with Crippen molar-refractivity contribution in [3.05, 3.63) is 18.2 Å². The predicted octanol–water partition coefficient (Wildman–Crippen LogP) is -0.511. The number of benzene rings is 1. The molecule has 106 valence electrons. The van der Waals surface area contributed by atoms with E-state index in [0.29, 0.717) is 12.2 Å². The fourth-order valence-electron chi connectivity index (χ4n) is 1.55. The van der Waals surface area contributed by atoms with Crippen LogP contribution in [0.5, 0.6) is 0 Å². The van der Waals surface area contributed by atoms with Gasteiger partial charge in [-0.05, 0) is 25.1 Å². The molecule has 1 rings (SSSR count). The number of nitrogens with one attached hydrogen (secondary N) is 1. The first kappa shape index (κ1) is 15.3. The Morgan fingerprint density at radius 2 is 2.00 bits per heavy atom. The molecule has 0 radical (unpaired) electrons. The number of likely N-dealkylation sites (N-methyl/N-ethyl adjacent to an activating group) is 2. The summed E-state index contributed by atoms with van der Waals surface area (Å²) in [5, 5.41) is 7.71. The molecule has 1 amide bonds. The molecule has 0 unspecified atom stereocenters. The lowest BCUT2D eigenvalue weighted by Gasteiger charge is -2.19. The highest BCUT2D eigenvalue weighted by Crippen LogP contribution is 2.22.